The molecule has 2 heteroatoms. The second-order valence-corrected chi connectivity index (χ2v) is 6.72. The van der Waals surface area contributed by atoms with Crippen LogP contribution in [0, 0.1) is 11.3 Å². The second-order valence-electron chi connectivity index (χ2n) is 6.72. The first-order valence-corrected chi connectivity index (χ1v) is 6.95. The van der Waals surface area contributed by atoms with Crippen molar-refractivity contribution in [2.45, 2.75) is 64.5 Å². The third-order valence-electron chi connectivity index (χ3n) is 4.69. The predicted octanol–water partition coefficient (Wildman–Crippen LogP) is 2.62. The van der Waals surface area contributed by atoms with E-state index < -0.39 is 0 Å². The molecule has 2 nitrogen and oxygen atoms in total. The number of hydrogen-bond acceptors (Lipinski definition) is 2. The van der Waals surface area contributed by atoms with Crippen molar-refractivity contribution in [1.29, 1.82) is 0 Å². The Morgan fingerprint density at radius 3 is 2.50 bits per heavy atom. The SMILES string of the molecule is CN(C1CCCC(C)(C)C1)C(CN)C1CC1. The molecular formula is C14H28N2. The van der Waals surface area contributed by atoms with E-state index in [9.17, 15) is 0 Å². The lowest BCUT2D eigenvalue weighted by Gasteiger charge is -2.42. The molecule has 2 unspecified atom stereocenters. The van der Waals surface area contributed by atoms with E-state index in [1.165, 1.54) is 38.5 Å². The molecule has 0 aromatic carbocycles. The van der Waals surface area contributed by atoms with Gasteiger partial charge in [-0.25, -0.2) is 0 Å². The van der Waals surface area contributed by atoms with Gasteiger partial charge in [-0.1, -0.05) is 20.3 Å². The molecule has 0 aliphatic heterocycles. The van der Waals surface area contributed by atoms with Gasteiger partial charge in [-0.2, -0.15) is 0 Å². The zero-order valence-electron chi connectivity index (χ0n) is 11.2. The van der Waals surface area contributed by atoms with E-state index in [0.717, 1.165) is 18.5 Å². The minimum atomic E-state index is 0.542. The number of likely N-dealkylation sites (N-methyl/N-ethyl adjacent to an activating group) is 1. The monoisotopic (exact) mass is 224 g/mol. The maximum atomic E-state index is 5.95. The first-order valence-electron chi connectivity index (χ1n) is 6.95. The van der Waals surface area contributed by atoms with Crippen molar-refractivity contribution in [3.05, 3.63) is 0 Å². The van der Waals surface area contributed by atoms with Crippen LogP contribution >= 0.6 is 0 Å². The van der Waals surface area contributed by atoms with E-state index in [1.807, 2.05) is 0 Å². The van der Waals surface area contributed by atoms with Crippen molar-refractivity contribution in [2.24, 2.45) is 17.1 Å². The Morgan fingerprint density at radius 2 is 2.00 bits per heavy atom. The van der Waals surface area contributed by atoms with Gasteiger partial charge in [-0.15, -0.1) is 0 Å². The van der Waals surface area contributed by atoms with Gasteiger partial charge in [0.2, 0.25) is 0 Å². The highest BCUT2D eigenvalue weighted by atomic mass is 15.2. The van der Waals surface area contributed by atoms with Gasteiger partial charge in [0.15, 0.2) is 0 Å². The minimum absolute atomic E-state index is 0.542. The summed E-state index contributed by atoms with van der Waals surface area (Å²) in [7, 11) is 2.31. The van der Waals surface area contributed by atoms with Crippen molar-refractivity contribution in [3.63, 3.8) is 0 Å². The van der Waals surface area contributed by atoms with Crippen LogP contribution in [0.1, 0.15) is 52.4 Å². The quantitative estimate of drug-likeness (QED) is 0.795. The lowest BCUT2D eigenvalue weighted by atomic mass is 9.74. The van der Waals surface area contributed by atoms with E-state index in [2.05, 4.69) is 25.8 Å². The van der Waals surface area contributed by atoms with E-state index in [0.29, 0.717) is 11.5 Å². The fraction of sp³-hybridized carbons (Fsp3) is 1.00. The zero-order chi connectivity index (χ0) is 11.8. The Kier molecular flexibility index (Phi) is 3.60. The molecule has 2 rings (SSSR count). The molecule has 2 aliphatic rings. The first-order chi connectivity index (χ1) is 7.53. The van der Waals surface area contributed by atoms with E-state index in [4.69, 9.17) is 5.73 Å². The number of nitrogens with zero attached hydrogens (tertiary/aromatic N) is 1. The van der Waals surface area contributed by atoms with Crippen molar-refractivity contribution in [2.75, 3.05) is 13.6 Å². The maximum absolute atomic E-state index is 5.95. The summed E-state index contributed by atoms with van der Waals surface area (Å²) in [5, 5.41) is 0. The highest BCUT2D eigenvalue weighted by Crippen LogP contribution is 2.40. The molecule has 0 amide bonds. The van der Waals surface area contributed by atoms with Crippen LogP contribution in [0.15, 0.2) is 0 Å². The van der Waals surface area contributed by atoms with Gasteiger partial charge in [0.25, 0.3) is 0 Å². The Morgan fingerprint density at radius 1 is 1.31 bits per heavy atom. The second kappa shape index (κ2) is 4.66. The summed E-state index contributed by atoms with van der Waals surface area (Å²) < 4.78 is 0. The van der Waals surface area contributed by atoms with E-state index >= 15 is 0 Å². The fourth-order valence-electron chi connectivity index (χ4n) is 3.45. The molecule has 2 fully saturated rings. The molecule has 2 atom stereocenters. The summed E-state index contributed by atoms with van der Waals surface area (Å²) >= 11 is 0. The lowest BCUT2D eigenvalue weighted by Crippen LogP contribution is -2.48. The van der Waals surface area contributed by atoms with Crippen LogP contribution in [-0.2, 0) is 0 Å². The highest BCUT2D eigenvalue weighted by molar-refractivity contribution is 4.93. The van der Waals surface area contributed by atoms with Crippen LogP contribution in [-0.4, -0.2) is 30.6 Å². The molecule has 0 radical (unpaired) electrons. The predicted molar refractivity (Wildman–Crippen MR) is 69.4 cm³/mol. The molecule has 0 heterocycles. The first kappa shape index (κ1) is 12.4. The van der Waals surface area contributed by atoms with Gasteiger partial charge < -0.3 is 5.73 Å². The van der Waals surface area contributed by atoms with Crippen molar-refractivity contribution in [1.82, 2.24) is 4.90 Å². The topological polar surface area (TPSA) is 29.3 Å². The number of rotatable bonds is 4. The summed E-state index contributed by atoms with van der Waals surface area (Å²) in [6.07, 6.45) is 8.33. The van der Waals surface area contributed by atoms with Gasteiger partial charge >= 0.3 is 0 Å². The molecule has 0 spiro atoms. The molecule has 2 saturated carbocycles. The molecule has 0 saturated heterocycles. The average Bonchev–Trinajstić information content (AvgIpc) is 3.01. The van der Waals surface area contributed by atoms with Crippen molar-refractivity contribution >= 4 is 0 Å². The summed E-state index contributed by atoms with van der Waals surface area (Å²) in [5.41, 5.74) is 6.49. The van der Waals surface area contributed by atoms with Gasteiger partial charge in [0.05, 0.1) is 0 Å². The van der Waals surface area contributed by atoms with Crippen LogP contribution in [0.3, 0.4) is 0 Å². The Bertz CT molecular complexity index is 233. The number of hydrogen-bond donors (Lipinski definition) is 1. The molecule has 0 bridgehead atoms. The summed E-state index contributed by atoms with van der Waals surface area (Å²) in [6, 6.07) is 1.43. The maximum Gasteiger partial charge on any atom is 0.0246 e. The van der Waals surface area contributed by atoms with Crippen LogP contribution in [0.25, 0.3) is 0 Å². The van der Waals surface area contributed by atoms with Gasteiger partial charge in [0, 0.05) is 18.6 Å². The van der Waals surface area contributed by atoms with Gasteiger partial charge in [-0.05, 0) is 50.5 Å². The lowest BCUT2D eigenvalue weighted by molar-refractivity contribution is 0.0771. The summed E-state index contributed by atoms with van der Waals surface area (Å²) in [5.74, 6) is 0.903. The van der Waals surface area contributed by atoms with Gasteiger partial charge in [-0.3, -0.25) is 4.90 Å². The molecule has 2 N–H and O–H groups in total. The van der Waals surface area contributed by atoms with Crippen molar-refractivity contribution in [3.8, 4) is 0 Å². The van der Waals surface area contributed by atoms with Crippen LogP contribution in [0.4, 0.5) is 0 Å². The minimum Gasteiger partial charge on any atom is -0.329 e. The smallest absolute Gasteiger partial charge is 0.0246 e. The molecule has 0 aromatic heterocycles. The fourth-order valence-corrected chi connectivity index (χ4v) is 3.45. The molecule has 2 aliphatic carbocycles. The average molecular weight is 224 g/mol. The van der Waals surface area contributed by atoms with Crippen LogP contribution < -0.4 is 5.73 Å². The van der Waals surface area contributed by atoms with E-state index in [1.54, 1.807) is 0 Å². The molecule has 94 valence electrons. The van der Waals surface area contributed by atoms with Crippen LogP contribution in [0.2, 0.25) is 0 Å². The molecular weight excluding hydrogens is 196 g/mol. The largest absolute Gasteiger partial charge is 0.329 e. The summed E-state index contributed by atoms with van der Waals surface area (Å²) in [6.45, 7) is 5.68. The highest BCUT2D eigenvalue weighted by Gasteiger charge is 2.38. The third kappa shape index (κ3) is 2.78. The van der Waals surface area contributed by atoms with E-state index in [-0.39, 0.29) is 0 Å². The Labute approximate surface area is 101 Å². The zero-order valence-corrected chi connectivity index (χ0v) is 11.2. The molecule has 0 aromatic rings. The Hall–Kier alpha value is -0.0800. The molecule has 16 heavy (non-hydrogen) atoms. The van der Waals surface area contributed by atoms with Gasteiger partial charge in [0.1, 0.15) is 0 Å². The van der Waals surface area contributed by atoms with Crippen molar-refractivity contribution < 1.29 is 0 Å². The standard InChI is InChI=1S/C14H28N2/c1-14(2)8-4-5-12(9-14)16(3)13(10-15)11-6-7-11/h11-13H,4-10,15H2,1-3H3. The third-order valence-corrected chi connectivity index (χ3v) is 4.69. The van der Waals surface area contributed by atoms with Crippen LogP contribution in [0.5, 0.6) is 0 Å². The normalized spacial score (nSPS) is 31.7. The Balaban J connectivity index is 1.94. The number of nitrogens with two attached hydrogens (primary N) is 1. The summed E-state index contributed by atoms with van der Waals surface area (Å²) in [4.78, 5) is 2.61.